The molecule has 4 unspecified atom stereocenters. The van der Waals surface area contributed by atoms with Crippen LogP contribution in [-0.4, -0.2) is 73.4 Å². The average Bonchev–Trinajstić information content (AvgIpc) is 2.62. The molecule has 2 aliphatic rings. The van der Waals surface area contributed by atoms with E-state index in [0.717, 1.165) is 18.2 Å². The van der Waals surface area contributed by atoms with Gasteiger partial charge in [-0.25, -0.2) is 13.1 Å². The van der Waals surface area contributed by atoms with E-state index < -0.39 is 16.1 Å². The minimum atomic E-state index is -3.40. The number of nitrogens with one attached hydrogen (secondary N) is 2. The van der Waals surface area contributed by atoms with Crippen LogP contribution in [0.15, 0.2) is 12.0 Å². The summed E-state index contributed by atoms with van der Waals surface area (Å²) in [4.78, 5) is 14.1. The molecule has 0 aromatic rings. The molecule has 0 aromatic heterocycles. The highest BCUT2D eigenvalue weighted by Gasteiger charge is 2.34. The lowest BCUT2D eigenvalue weighted by atomic mass is 9.91. The summed E-state index contributed by atoms with van der Waals surface area (Å²) in [6, 6.07) is -0.234. The van der Waals surface area contributed by atoms with Gasteiger partial charge in [0.25, 0.3) is 0 Å². The number of sulfonamides is 1. The Kier molecular flexibility index (Phi) is 8.18. The van der Waals surface area contributed by atoms with Gasteiger partial charge in [0, 0.05) is 31.1 Å². The quantitative estimate of drug-likeness (QED) is 0.517. The molecule has 1 heterocycles. The molecule has 1 aliphatic heterocycles. The average molecular weight is 428 g/mol. The number of piperidine rings is 1. The second-order valence-electron chi connectivity index (χ2n) is 6.94. The zero-order valence-electron chi connectivity index (χ0n) is 14.6. The minimum Gasteiger partial charge on any atom is -0.391 e. The number of alkyl halides is 2. The first kappa shape index (κ1) is 21.9. The lowest BCUT2D eigenvalue weighted by Gasteiger charge is -2.35. The molecule has 4 atom stereocenters. The third-order valence-electron chi connectivity index (χ3n) is 5.08. The lowest BCUT2D eigenvalue weighted by molar-refractivity contribution is -0.131. The van der Waals surface area contributed by atoms with E-state index in [9.17, 15) is 18.3 Å². The molecule has 3 N–H and O–H groups in total. The molecule has 0 bridgehead atoms. The highest BCUT2D eigenvalue weighted by molar-refractivity contribution is 7.92. The molecule has 0 spiro atoms. The predicted molar refractivity (Wildman–Crippen MR) is 103 cm³/mol. The normalized spacial score (nSPS) is 31.0. The van der Waals surface area contributed by atoms with Crippen molar-refractivity contribution in [1.82, 2.24) is 14.9 Å². The molecule has 1 amide bonds. The summed E-state index contributed by atoms with van der Waals surface area (Å²) in [5, 5.41) is 13.6. The first-order valence-electron chi connectivity index (χ1n) is 8.81. The van der Waals surface area contributed by atoms with Crippen molar-refractivity contribution >= 4 is 39.1 Å². The van der Waals surface area contributed by atoms with Crippen molar-refractivity contribution in [3.8, 4) is 0 Å². The molecule has 7 nitrogen and oxygen atoms in total. The molecule has 1 saturated carbocycles. The van der Waals surface area contributed by atoms with Gasteiger partial charge in [-0.05, 0) is 31.6 Å². The lowest BCUT2D eigenvalue weighted by Crippen LogP contribution is -2.52. The van der Waals surface area contributed by atoms with Gasteiger partial charge in [0.05, 0.1) is 23.4 Å². The number of aliphatic hydroxyl groups is 1. The Bertz CT molecular complexity index is 596. The van der Waals surface area contributed by atoms with E-state index in [1.165, 1.54) is 0 Å². The number of carbonyl (C=O) groups excluding carboxylic acids is 1. The van der Waals surface area contributed by atoms with Gasteiger partial charge in [-0.2, -0.15) is 0 Å². The summed E-state index contributed by atoms with van der Waals surface area (Å²) in [6.07, 6.45) is 1.82. The fourth-order valence-electron chi connectivity index (χ4n) is 3.32. The number of hydrogen-bond acceptors (Lipinski definition) is 5. The Morgan fingerprint density at radius 1 is 1.23 bits per heavy atom. The molecule has 150 valence electrons. The fourth-order valence-corrected chi connectivity index (χ4v) is 4.49. The van der Waals surface area contributed by atoms with Gasteiger partial charge in [-0.15, -0.1) is 23.2 Å². The summed E-state index contributed by atoms with van der Waals surface area (Å²) in [7, 11) is -3.40. The first-order valence-corrected chi connectivity index (χ1v) is 11.2. The van der Waals surface area contributed by atoms with E-state index in [-0.39, 0.29) is 35.2 Å². The largest absolute Gasteiger partial charge is 0.391 e. The van der Waals surface area contributed by atoms with Crippen molar-refractivity contribution in [1.29, 1.82) is 0 Å². The molecular weight excluding hydrogens is 401 g/mol. The van der Waals surface area contributed by atoms with Gasteiger partial charge in [0.2, 0.25) is 15.9 Å². The highest BCUT2D eigenvalue weighted by atomic mass is 35.5. The third-order valence-corrected chi connectivity index (χ3v) is 7.18. The standard InChI is InChI=1S/C16H27Cl2N3O4S/c1-2-26(24,25)20-9-11-3-5-21(6-4-11)16(23)10-19-14-7-12(17)13(18)8-15(14)22/h2,11-15,19-20,22H,1,3-10H2. The Labute approximate surface area is 165 Å². The summed E-state index contributed by atoms with van der Waals surface area (Å²) in [6.45, 7) is 4.95. The van der Waals surface area contributed by atoms with Crippen LogP contribution in [-0.2, 0) is 14.8 Å². The van der Waals surface area contributed by atoms with Crippen molar-refractivity contribution in [3.63, 3.8) is 0 Å². The highest BCUT2D eigenvalue weighted by Crippen LogP contribution is 2.28. The van der Waals surface area contributed by atoms with Crippen LogP contribution < -0.4 is 10.0 Å². The van der Waals surface area contributed by atoms with E-state index in [1.54, 1.807) is 4.90 Å². The summed E-state index contributed by atoms with van der Waals surface area (Å²) < 4.78 is 25.3. The number of likely N-dealkylation sites (tertiary alicyclic amines) is 1. The zero-order chi connectivity index (χ0) is 19.3. The van der Waals surface area contributed by atoms with Crippen LogP contribution in [0, 0.1) is 5.92 Å². The van der Waals surface area contributed by atoms with Gasteiger partial charge in [0.1, 0.15) is 0 Å². The number of carbonyl (C=O) groups is 1. The maximum atomic E-state index is 12.4. The Hall–Kier alpha value is -0.380. The first-order chi connectivity index (χ1) is 12.2. The molecule has 2 fully saturated rings. The molecule has 26 heavy (non-hydrogen) atoms. The molecule has 0 radical (unpaired) electrons. The van der Waals surface area contributed by atoms with Gasteiger partial charge in [-0.1, -0.05) is 6.58 Å². The summed E-state index contributed by atoms with van der Waals surface area (Å²) in [5.41, 5.74) is 0. The number of hydrogen-bond donors (Lipinski definition) is 3. The van der Waals surface area contributed by atoms with E-state index in [4.69, 9.17) is 23.2 Å². The maximum absolute atomic E-state index is 12.4. The topological polar surface area (TPSA) is 98.7 Å². The van der Waals surface area contributed by atoms with E-state index in [0.29, 0.717) is 32.5 Å². The van der Waals surface area contributed by atoms with Crippen LogP contribution >= 0.6 is 23.2 Å². The van der Waals surface area contributed by atoms with Crippen LogP contribution in [0.4, 0.5) is 0 Å². The number of aliphatic hydroxyl groups excluding tert-OH is 1. The Morgan fingerprint density at radius 3 is 2.46 bits per heavy atom. The van der Waals surface area contributed by atoms with Crippen LogP contribution in [0.1, 0.15) is 25.7 Å². The number of halogens is 2. The third kappa shape index (κ3) is 6.35. The minimum absolute atomic E-state index is 0.0264. The van der Waals surface area contributed by atoms with Gasteiger partial charge < -0.3 is 15.3 Å². The SMILES string of the molecule is C=CS(=O)(=O)NCC1CCN(C(=O)CNC2CC(Cl)C(Cl)CC2O)CC1. The number of amides is 1. The van der Waals surface area contributed by atoms with Crippen LogP contribution in [0.25, 0.3) is 0 Å². The monoisotopic (exact) mass is 427 g/mol. The molecule has 1 saturated heterocycles. The van der Waals surface area contributed by atoms with Crippen LogP contribution in [0.2, 0.25) is 0 Å². The van der Waals surface area contributed by atoms with Gasteiger partial charge in [0.15, 0.2) is 0 Å². The summed E-state index contributed by atoms with van der Waals surface area (Å²) >= 11 is 12.2. The zero-order valence-corrected chi connectivity index (χ0v) is 16.9. The second kappa shape index (κ2) is 9.71. The molecular formula is C16H27Cl2N3O4S. The van der Waals surface area contributed by atoms with E-state index in [1.807, 2.05) is 0 Å². The Morgan fingerprint density at radius 2 is 1.85 bits per heavy atom. The van der Waals surface area contributed by atoms with Crippen molar-refractivity contribution in [2.24, 2.45) is 5.92 Å². The van der Waals surface area contributed by atoms with Gasteiger partial charge in [-0.3, -0.25) is 4.79 Å². The van der Waals surface area contributed by atoms with Crippen LogP contribution in [0.5, 0.6) is 0 Å². The smallest absolute Gasteiger partial charge is 0.236 e. The van der Waals surface area contributed by atoms with Crippen molar-refractivity contribution in [2.45, 2.75) is 48.6 Å². The summed E-state index contributed by atoms with van der Waals surface area (Å²) in [5.74, 6) is 0.181. The maximum Gasteiger partial charge on any atom is 0.236 e. The van der Waals surface area contributed by atoms with E-state index in [2.05, 4.69) is 16.6 Å². The Balaban J connectivity index is 1.70. The molecule has 0 aromatic carbocycles. The van der Waals surface area contributed by atoms with Crippen molar-refractivity contribution in [2.75, 3.05) is 26.2 Å². The predicted octanol–water partition coefficient (Wildman–Crippen LogP) is 0.616. The van der Waals surface area contributed by atoms with Crippen LogP contribution in [0.3, 0.4) is 0 Å². The molecule has 2 rings (SSSR count). The van der Waals surface area contributed by atoms with Crippen molar-refractivity contribution in [3.05, 3.63) is 12.0 Å². The molecule has 10 heteroatoms. The van der Waals surface area contributed by atoms with Crippen molar-refractivity contribution < 1.29 is 18.3 Å². The number of rotatable bonds is 7. The molecule has 1 aliphatic carbocycles. The van der Waals surface area contributed by atoms with E-state index >= 15 is 0 Å². The fraction of sp³-hybridized carbons (Fsp3) is 0.812. The second-order valence-corrected chi connectivity index (χ2v) is 9.78. The van der Waals surface area contributed by atoms with Gasteiger partial charge >= 0.3 is 0 Å². The number of nitrogens with zero attached hydrogens (tertiary/aromatic N) is 1.